The van der Waals surface area contributed by atoms with Crippen LogP contribution < -0.4 is 9.47 Å². The summed E-state index contributed by atoms with van der Waals surface area (Å²) in [5.74, 6) is 1.49. The number of halogens is 1. The van der Waals surface area contributed by atoms with Crippen LogP contribution in [0.2, 0.25) is 5.02 Å². The predicted molar refractivity (Wildman–Crippen MR) is 122 cm³/mol. The number of hydrogen-bond donors (Lipinski definition) is 0. The van der Waals surface area contributed by atoms with E-state index in [-0.39, 0.29) is 5.91 Å². The summed E-state index contributed by atoms with van der Waals surface area (Å²) < 4.78 is 11.5. The number of para-hydroxylation sites is 1. The van der Waals surface area contributed by atoms with Gasteiger partial charge in [0.05, 0.1) is 16.2 Å². The van der Waals surface area contributed by atoms with Crippen molar-refractivity contribution < 1.29 is 14.3 Å². The second-order valence-corrected chi connectivity index (χ2v) is 8.33. The van der Waals surface area contributed by atoms with E-state index in [0.29, 0.717) is 42.6 Å². The average molecular weight is 458 g/mol. The maximum absolute atomic E-state index is 12.8. The van der Waals surface area contributed by atoms with E-state index < -0.39 is 0 Å². The minimum atomic E-state index is 0.0537. The fourth-order valence-corrected chi connectivity index (χ4v) is 4.10. The molecule has 0 N–H and O–H groups in total. The van der Waals surface area contributed by atoms with Gasteiger partial charge in [0.2, 0.25) is 0 Å². The molecule has 1 fully saturated rings. The van der Waals surface area contributed by atoms with E-state index in [1.807, 2.05) is 58.8 Å². The fraction of sp³-hybridized carbons (Fsp3) is 0.304. The van der Waals surface area contributed by atoms with E-state index in [4.69, 9.17) is 21.1 Å². The number of benzene rings is 2. The summed E-state index contributed by atoms with van der Waals surface area (Å²) in [6.07, 6.45) is 0. The van der Waals surface area contributed by atoms with Gasteiger partial charge in [-0.2, -0.15) is 0 Å². The molecule has 162 valence electrons. The van der Waals surface area contributed by atoms with Crippen LogP contribution in [-0.2, 0) is 6.61 Å². The van der Waals surface area contributed by atoms with Crippen molar-refractivity contribution >= 4 is 28.8 Å². The summed E-state index contributed by atoms with van der Waals surface area (Å²) in [4.78, 5) is 21.2. The van der Waals surface area contributed by atoms with Crippen molar-refractivity contribution in [1.82, 2.24) is 14.8 Å². The molecule has 1 aliphatic heterocycles. The second kappa shape index (κ2) is 10.6. The minimum Gasteiger partial charge on any atom is -0.491 e. The van der Waals surface area contributed by atoms with Crippen molar-refractivity contribution in [3.8, 4) is 11.5 Å². The standard InChI is InChI=1S/C23H24ClN3O3S/c24-21-3-1-2-4-22(21)29-14-13-26-9-11-27(12-10-26)23(28)18-5-7-20(8-6-18)30-15-19-16-31-17-25-19/h1-8,16-17H,9-15H2. The molecule has 2 heterocycles. The van der Waals surface area contributed by atoms with Gasteiger partial charge in [0.1, 0.15) is 24.7 Å². The number of nitrogens with zero attached hydrogens (tertiary/aromatic N) is 3. The monoisotopic (exact) mass is 457 g/mol. The van der Waals surface area contributed by atoms with Crippen molar-refractivity contribution in [3.63, 3.8) is 0 Å². The number of carbonyl (C=O) groups excluding carboxylic acids is 1. The largest absolute Gasteiger partial charge is 0.491 e. The Morgan fingerprint density at radius 1 is 1.03 bits per heavy atom. The number of piperazine rings is 1. The Kier molecular flexibility index (Phi) is 7.40. The Balaban J connectivity index is 1.20. The van der Waals surface area contributed by atoms with Crippen molar-refractivity contribution in [2.45, 2.75) is 6.61 Å². The Morgan fingerprint density at radius 3 is 2.52 bits per heavy atom. The van der Waals surface area contributed by atoms with Gasteiger partial charge in [-0.3, -0.25) is 9.69 Å². The van der Waals surface area contributed by atoms with E-state index in [1.54, 1.807) is 16.8 Å². The zero-order valence-corrected chi connectivity index (χ0v) is 18.6. The van der Waals surface area contributed by atoms with Gasteiger partial charge in [0.15, 0.2) is 0 Å². The lowest BCUT2D eigenvalue weighted by molar-refractivity contribution is 0.0620. The maximum Gasteiger partial charge on any atom is 0.253 e. The van der Waals surface area contributed by atoms with Crippen LogP contribution in [0.1, 0.15) is 16.1 Å². The van der Waals surface area contributed by atoms with Gasteiger partial charge >= 0.3 is 0 Å². The van der Waals surface area contributed by atoms with Crippen LogP contribution in [-0.4, -0.2) is 60.0 Å². The Morgan fingerprint density at radius 2 is 1.81 bits per heavy atom. The van der Waals surface area contributed by atoms with Crippen molar-refractivity contribution in [1.29, 1.82) is 0 Å². The number of carbonyl (C=O) groups is 1. The lowest BCUT2D eigenvalue weighted by atomic mass is 10.1. The maximum atomic E-state index is 12.8. The molecule has 1 amide bonds. The van der Waals surface area contributed by atoms with Crippen molar-refractivity contribution in [3.05, 3.63) is 75.7 Å². The molecule has 2 aromatic carbocycles. The summed E-state index contributed by atoms with van der Waals surface area (Å²) in [6.45, 7) is 4.86. The molecule has 31 heavy (non-hydrogen) atoms. The van der Waals surface area contributed by atoms with Crippen molar-refractivity contribution in [2.75, 3.05) is 39.3 Å². The summed E-state index contributed by atoms with van der Waals surface area (Å²) in [5.41, 5.74) is 3.36. The molecule has 0 unspecified atom stereocenters. The van der Waals surface area contributed by atoms with Gasteiger partial charge in [-0.1, -0.05) is 23.7 Å². The minimum absolute atomic E-state index is 0.0537. The fourth-order valence-electron chi connectivity index (χ4n) is 3.36. The van der Waals surface area contributed by atoms with Crippen molar-refractivity contribution in [2.24, 2.45) is 0 Å². The SMILES string of the molecule is O=C(c1ccc(OCc2cscn2)cc1)N1CCN(CCOc2ccccc2Cl)CC1. The molecule has 0 radical (unpaired) electrons. The van der Waals surface area contributed by atoms with Gasteiger partial charge in [0, 0.05) is 43.7 Å². The normalized spacial score (nSPS) is 14.4. The zero-order chi connectivity index (χ0) is 21.5. The number of hydrogen-bond acceptors (Lipinski definition) is 6. The summed E-state index contributed by atoms with van der Waals surface area (Å²) in [5, 5.41) is 2.58. The first-order valence-corrected chi connectivity index (χ1v) is 11.5. The lowest BCUT2D eigenvalue weighted by Crippen LogP contribution is -2.49. The highest BCUT2D eigenvalue weighted by Gasteiger charge is 2.22. The molecule has 0 spiro atoms. The predicted octanol–water partition coefficient (Wildman–Crippen LogP) is 4.21. The first kappa shape index (κ1) is 21.6. The molecule has 3 aromatic rings. The molecule has 4 rings (SSSR count). The number of ether oxygens (including phenoxy) is 2. The number of thiazole rings is 1. The summed E-state index contributed by atoms with van der Waals surface area (Å²) in [6, 6.07) is 14.8. The molecule has 8 heteroatoms. The molecule has 1 aromatic heterocycles. The highest BCUT2D eigenvalue weighted by molar-refractivity contribution is 7.07. The Labute approximate surface area is 191 Å². The van der Waals surface area contributed by atoms with Crippen LogP contribution in [0.25, 0.3) is 0 Å². The molecule has 0 aliphatic carbocycles. The number of aromatic nitrogens is 1. The van der Waals surface area contributed by atoms with Crippen LogP contribution in [0, 0.1) is 0 Å². The number of rotatable bonds is 8. The molecule has 0 atom stereocenters. The van der Waals surface area contributed by atoms with Crippen LogP contribution >= 0.6 is 22.9 Å². The highest BCUT2D eigenvalue weighted by atomic mass is 35.5. The Bertz CT molecular complexity index is 974. The van der Waals surface area contributed by atoms with Gasteiger partial charge in [-0.05, 0) is 36.4 Å². The van der Waals surface area contributed by atoms with Crippen LogP contribution in [0.5, 0.6) is 11.5 Å². The van der Waals surface area contributed by atoms with Gasteiger partial charge in [-0.15, -0.1) is 11.3 Å². The molecule has 1 aliphatic rings. The second-order valence-electron chi connectivity index (χ2n) is 7.21. The quantitative estimate of drug-likeness (QED) is 0.507. The summed E-state index contributed by atoms with van der Waals surface area (Å²) >= 11 is 7.66. The molecule has 1 saturated heterocycles. The average Bonchev–Trinajstić information content (AvgIpc) is 3.33. The first-order valence-electron chi connectivity index (χ1n) is 10.2. The van der Waals surface area contributed by atoms with Gasteiger partial charge < -0.3 is 14.4 Å². The first-order chi connectivity index (χ1) is 15.2. The zero-order valence-electron chi connectivity index (χ0n) is 17.1. The Hall–Kier alpha value is -2.61. The van der Waals surface area contributed by atoms with Crippen LogP contribution in [0.4, 0.5) is 0 Å². The lowest BCUT2D eigenvalue weighted by Gasteiger charge is -2.34. The number of amides is 1. The van der Waals surface area contributed by atoms with E-state index in [0.717, 1.165) is 31.1 Å². The molecule has 0 saturated carbocycles. The molecule has 0 bridgehead atoms. The van der Waals surface area contributed by atoms with Crippen LogP contribution in [0.3, 0.4) is 0 Å². The molecule has 6 nitrogen and oxygen atoms in total. The van der Waals surface area contributed by atoms with E-state index >= 15 is 0 Å². The van der Waals surface area contributed by atoms with E-state index in [1.165, 1.54) is 0 Å². The van der Waals surface area contributed by atoms with E-state index in [2.05, 4.69) is 9.88 Å². The smallest absolute Gasteiger partial charge is 0.253 e. The highest BCUT2D eigenvalue weighted by Crippen LogP contribution is 2.23. The summed E-state index contributed by atoms with van der Waals surface area (Å²) in [7, 11) is 0. The third kappa shape index (κ3) is 5.97. The molecular weight excluding hydrogens is 434 g/mol. The topological polar surface area (TPSA) is 54.9 Å². The third-order valence-electron chi connectivity index (χ3n) is 5.13. The molecular formula is C23H24ClN3O3S. The van der Waals surface area contributed by atoms with E-state index in [9.17, 15) is 4.79 Å². The van der Waals surface area contributed by atoms with Gasteiger partial charge in [-0.25, -0.2) is 4.98 Å². The third-order valence-corrected chi connectivity index (χ3v) is 6.08. The van der Waals surface area contributed by atoms with Crippen LogP contribution in [0.15, 0.2) is 59.4 Å². The van der Waals surface area contributed by atoms with Gasteiger partial charge in [0.25, 0.3) is 5.91 Å².